The highest BCUT2D eigenvalue weighted by atomic mass is 19.4. The van der Waals surface area contributed by atoms with Gasteiger partial charge in [-0.05, 0) is 25.2 Å². The number of halogens is 3. The summed E-state index contributed by atoms with van der Waals surface area (Å²) in [5.41, 5.74) is 3.82. The van der Waals surface area contributed by atoms with E-state index in [0.29, 0.717) is 18.8 Å². The first-order valence-electron chi connectivity index (χ1n) is 5.64. The molecule has 0 saturated carbocycles. The molecule has 0 aromatic heterocycles. The van der Waals surface area contributed by atoms with Gasteiger partial charge < -0.3 is 16.0 Å². The van der Waals surface area contributed by atoms with Crippen LogP contribution in [-0.2, 0) is 6.18 Å². The summed E-state index contributed by atoms with van der Waals surface area (Å²) in [5, 5.41) is 2.90. The van der Waals surface area contributed by atoms with Crippen LogP contribution in [0.25, 0.3) is 0 Å². The molecular weight excluding hydrogens is 259 g/mol. The Morgan fingerprint density at radius 2 is 2.05 bits per heavy atom. The number of alkyl halides is 3. The number of nitrogens with zero attached hydrogens (tertiary/aromatic N) is 1. The molecule has 19 heavy (non-hydrogen) atoms. The van der Waals surface area contributed by atoms with Gasteiger partial charge in [0, 0.05) is 25.8 Å². The van der Waals surface area contributed by atoms with Crippen LogP contribution in [0.5, 0.6) is 0 Å². The van der Waals surface area contributed by atoms with E-state index in [4.69, 9.17) is 5.73 Å². The van der Waals surface area contributed by atoms with Gasteiger partial charge in [0.05, 0.1) is 11.1 Å². The zero-order chi connectivity index (χ0) is 14.6. The minimum Gasteiger partial charge on any atom is -0.373 e. The Bertz CT molecular complexity index is 460. The van der Waals surface area contributed by atoms with E-state index in [1.807, 2.05) is 0 Å². The van der Waals surface area contributed by atoms with Crippen molar-refractivity contribution >= 4 is 11.6 Å². The van der Waals surface area contributed by atoms with Gasteiger partial charge in [0.2, 0.25) is 5.91 Å². The first kappa shape index (κ1) is 15.3. The molecule has 0 saturated heterocycles. The third kappa shape index (κ3) is 3.85. The van der Waals surface area contributed by atoms with Crippen LogP contribution in [0.4, 0.5) is 18.9 Å². The second-order valence-corrected chi connectivity index (χ2v) is 4.12. The van der Waals surface area contributed by atoms with Crippen LogP contribution in [-0.4, -0.2) is 33.1 Å². The average molecular weight is 275 g/mol. The van der Waals surface area contributed by atoms with E-state index >= 15 is 0 Å². The molecule has 0 heterocycles. The fraction of sp³-hybridized carbons (Fsp3) is 0.417. The summed E-state index contributed by atoms with van der Waals surface area (Å²) in [6.07, 6.45) is -4.61. The van der Waals surface area contributed by atoms with Crippen LogP contribution >= 0.6 is 0 Å². The third-order valence-electron chi connectivity index (χ3n) is 2.71. The van der Waals surface area contributed by atoms with Gasteiger partial charge in [-0.15, -0.1) is 0 Å². The molecule has 0 spiro atoms. The number of carbonyl (C=O) groups is 1. The number of anilines is 1. The normalized spacial score (nSPS) is 11.4. The van der Waals surface area contributed by atoms with Crippen molar-refractivity contribution in [2.24, 2.45) is 5.73 Å². The van der Waals surface area contributed by atoms with E-state index < -0.39 is 23.2 Å². The van der Waals surface area contributed by atoms with Crippen molar-refractivity contribution in [3.8, 4) is 0 Å². The largest absolute Gasteiger partial charge is 0.417 e. The molecule has 1 rings (SSSR count). The van der Waals surface area contributed by atoms with Gasteiger partial charge in [-0.25, -0.2) is 0 Å². The summed E-state index contributed by atoms with van der Waals surface area (Å²) >= 11 is 0. The highest BCUT2D eigenvalue weighted by Gasteiger charge is 2.35. The van der Waals surface area contributed by atoms with Crippen LogP contribution < -0.4 is 16.0 Å². The van der Waals surface area contributed by atoms with Gasteiger partial charge in [0.25, 0.3) is 0 Å². The molecule has 7 heteroatoms. The van der Waals surface area contributed by atoms with Crippen molar-refractivity contribution in [2.75, 3.05) is 32.1 Å². The number of hydrogen-bond donors (Lipinski definition) is 2. The van der Waals surface area contributed by atoms with Crippen molar-refractivity contribution in [3.05, 3.63) is 29.3 Å². The Labute approximate surface area is 109 Å². The Kier molecular flexibility index (Phi) is 4.77. The van der Waals surface area contributed by atoms with E-state index in [-0.39, 0.29) is 0 Å². The maximum Gasteiger partial charge on any atom is 0.417 e. The minimum absolute atomic E-state index is 0.382. The first-order valence-corrected chi connectivity index (χ1v) is 5.64. The molecule has 0 aliphatic carbocycles. The number of amides is 1. The van der Waals surface area contributed by atoms with Crippen molar-refractivity contribution in [1.29, 1.82) is 0 Å². The van der Waals surface area contributed by atoms with Crippen LogP contribution in [0.3, 0.4) is 0 Å². The Morgan fingerprint density at radius 1 is 1.42 bits per heavy atom. The van der Waals surface area contributed by atoms with E-state index in [1.165, 1.54) is 6.07 Å². The van der Waals surface area contributed by atoms with Crippen LogP contribution in [0.1, 0.15) is 15.9 Å². The number of rotatable bonds is 5. The lowest BCUT2D eigenvalue weighted by atomic mass is 10.1. The molecule has 0 radical (unpaired) electrons. The highest BCUT2D eigenvalue weighted by Crippen LogP contribution is 2.34. The number of likely N-dealkylation sites (N-methyl/N-ethyl adjacent to an activating group) is 2. The molecule has 0 aliphatic heterocycles. The minimum atomic E-state index is -4.61. The highest BCUT2D eigenvalue weighted by molar-refractivity contribution is 5.95. The summed E-state index contributed by atoms with van der Waals surface area (Å²) in [4.78, 5) is 12.7. The zero-order valence-corrected chi connectivity index (χ0v) is 10.7. The predicted molar refractivity (Wildman–Crippen MR) is 67.2 cm³/mol. The summed E-state index contributed by atoms with van der Waals surface area (Å²) < 4.78 is 38.6. The SMILES string of the molecule is CNCCN(C)c1ccc(C(N)=O)c(C(F)(F)F)c1. The fourth-order valence-electron chi connectivity index (χ4n) is 1.63. The van der Waals surface area contributed by atoms with Gasteiger partial charge in [0.15, 0.2) is 0 Å². The smallest absolute Gasteiger partial charge is 0.373 e. The standard InChI is InChI=1S/C12H16F3N3O/c1-17-5-6-18(2)8-3-4-9(11(16)19)10(7-8)12(13,14)15/h3-4,7,17H,5-6H2,1-2H3,(H2,16,19). The Balaban J connectivity index is 3.15. The van der Waals surface area contributed by atoms with E-state index in [0.717, 1.165) is 12.1 Å². The number of hydrogen-bond acceptors (Lipinski definition) is 3. The lowest BCUT2D eigenvalue weighted by Gasteiger charge is -2.21. The summed E-state index contributed by atoms with van der Waals surface area (Å²) in [7, 11) is 3.43. The van der Waals surface area contributed by atoms with Gasteiger partial charge in [-0.3, -0.25) is 4.79 Å². The van der Waals surface area contributed by atoms with Gasteiger partial charge in [-0.1, -0.05) is 0 Å². The van der Waals surface area contributed by atoms with E-state index in [2.05, 4.69) is 5.32 Å². The lowest BCUT2D eigenvalue weighted by Crippen LogP contribution is -2.27. The Morgan fingerprint density at radius 3 is 2.53 bits per heavy atom. The van der Waals surface area contributed by atoms with Crippen LogP contribution in [0, 0.1) is 0 Å². The molecular formula is C12H16F3N3O. The van der Waals surface area contributed by atoms with Crippen molar-refractivity contribution < 1.29 is 18.0 Å². The molecule has 106 valence electrons. The number of nitrogens with two attached hydrogens (primary N) is 1. The summed E-state index contributed by atoms with van der Waals surface area (Å²) in [6.45, 7) is 1.18. The number of nitrogens with one attached hydrogen (secondary N) is 1. The molecule has 0 aliphatic rings. The average Bonchev–Trinajstić information content (AvgIpc) is 2.34. The topological polar surface area (TPSA) is 58.4 Å². The molecule has 4 nitrogen and oxygen atoms in total. The fourth-order valence-corrected chi connectivity index (χ4v) is 1.63. The monoisotopic (exact) mass is 275 g/mol. The molecule has 1 amide bonds. The molecule has 1 aromatic carbocycles. The molecule has 3 N–H and O–H groups in total. The number of primary amides is 1. The Hall–Kier alpha value is -1.76. The zero-order valence-electron chi connectivity index (χ0n) is 10.7. The van der Waals surface area contributed by atoms with Crippen LogP contribution in [0.15, 0.2) is 18.2 Å². The second-order valence-electron chi connectivity index (χ2n) is 4.12. The van der Waals surface area contributed by atoms with Gasteiger partial charge >= 0.3 is 6.18 Å². The number of carbonyl (C=O) groups excluding carboxylic acids is 1. The quantitative estimate of drug-likeness (QED) is 0.855. The molecule has 0 bridgehead atoms. The predicted octanol–water partition coefficient (Wildman–Crippen LogP) is 1.46. The van der Waals surface area contributed by atoms with Crippen molar-refractivity contribution in [1.82, 2.24) is 5.32 Å². The van der Waals surface area contributed by atoms with Crippen molar-refractivity contribution in [3.63, 3.8) is 0 Å². The summed E-state index contributed by atoms with van der Waals surface area (Å²) in [5.74, 6) is -1.09. The third-order valence-corrected chi connectivity index (χ3v) is 2.71. The van der Waals surface area contributed by atoms with E-state index in [1.54, 1.807) is 19.0 Å². The van der Waals surface area contributed by atoms with Crippen molar-refractivity contribution in [2.45, 2.75) is 6.18 Å². The molecule has 0 unspecified atom stereocenters. The number of benzene rings is 1. The second kappa shape index (κ2) is 5.92. The lowest BCUT2D eigenvalue weighted by molar-refractivity contribution is -0.137. The van der Waals surface area contributed by atoms with Gasteiger partial charge in [0.1, 0.15) is 0 Å². The maximum absolute atomic E-state index is 12.9. The molecule has 0 fully saturated rings. The van der Waals surface area contributed by atoms with E-state index in [9.17, 15) is 18.0 Å². The molecule has 0 atom stereocenters. The van der Waals surface area contributed by atoms with Gasteiger partial charge in [-0.2, -0.15) is 13.2 Å². The maximum atomic E-state index is 12.9. The first-order chi connectivity index (χ1) is 8.77. The van der Waals surface area contributed by atoms with Crippen LogP contribution in [0.2, 0.25) is 0 Å². The summed E-state index contributed by atoms with van der Waals surface area (Å²) in [6, 6.07) is 3.50. The molecule has 1 aromatic rings.